The van der Waals surface area contributed by atoms with Crippen LogP contribution in [-0.4, -0.2) is 17.6 Å². The zero-order valence-corrected chi connectivity index (χ0v) is 9.27. The monoisotopic (exact) mass is 231 g/mol. The van der Waals surface area contributed by atoms with Crippen LogP contribution in [-0.2, 0) is 16.0 Å². The van der Waals surface area contributed by atoms with Gasteiger partial charge >= 0.3 is 0 Å². The molecule has 1 aliphatic rings. The molecule has 1 aliphatic heterocycles. The molecule has 2 amide bonds. The van der Waals surface area contributed by atoms with Gasteiger partial charge < -0.3 is 5.73 Å². The van der Waals surface area contributed by atoms with E-state index in [1.54, 1.807) is 24.3 Å². The molecule has 1 saturated heterocycles. The lowest BCUT2D eigenvalue weighted by molar-refractivity contribution is -0.121. The number of hydrogen-bond donors (Lipinski definition) is 2. The number of carbonyl (C=O) groups excluding carboxylic acids is 2. The van der Waals surface area contributed by atoms with E-state index in [0.717, 1.165) is 5.56 Å². The number of anilines is 1. The van der Waals surface area contributed by atoms with Gasteiger partial charge in [-0.25, -0.2) is 0 Å². The summed E-state index contributed by atoms with van der Waals surface area (Å²) in [5.74, 6) is -0.227. The zero-order valence-electron chi connectivity index (χ0n) is 9.27. The largest absolute Gasteiger partial charge is 0.387 e. The highest BCUT2D eigenvalue weighted by Gasteiger charge is 2.29. The van der Waals surface area contributed by atoms with E-state index in [9.17, 15) is 9.59 Å². The highest BCUT2D eigenvalue weighted by Crippen LogP contribution is 2.22. The molecule has 5 nitrogen and oxygen atoms in total. The summed E-state index contributed by atoms with van der Waals surface area (Å²) >= 11 is 0. The van der Waals surface area contributed by atoms with Crippen LogP contribution in [0.15, 0.2) is 24.3 Å². The normalized spacial score (nSPS) is 15.4. The first kappa shape index (κ1) is 11.3. The summed E-state index contributed by atoms with van der Waals surface area (Å²) in [4.78, 5) is 24.2. The van der Waals surface area contributed by atoms with E-state index in [1.165, 1.54) is 4.90 Å². The van der Waals surface area contributed by atoms with Crippen LogP contribution in [0.3, 0.4) is 0 Å². The van der Waals surface area contributed by atoms with Crippen molar-refractivity contribution < 1.29 is 9.59 Å². The number of hydrogen-bond acceptors (Lipinski definition) is 3. The van der Waals surface area contributed by atoms with Gasteiger partial charge in [0, 0.05) is 19.3 Å². The molecule has 3 N–H and O–H groups in total. The zero-order chi connectivity index (χ0) is 12.4. The molecular formula is C12H13N3O2. The second-order valence-electron chi connectivity index (χ2n) is 3.99. The smallest absolute Gasteiger partial charge is 0.234 e. The van der Waals surface area contributed by atoms with Gasteiger partial charge in [0.1, 0.15) is 0 Å². The van der Waals surface area contributed by atoms with Gasteiger partial charge in [0.25, 0.3) is 0 Å². The van der Waals surface area contributed by atoms with Crippen molar-refractivity contribution in [3.8, 4) is 0 Å². The Morgan fingerprint density at radius 1 is 1.18 bits per heavy atom. The van der Waals surface area contributed by atoms with Gasteiger partial charge in [0.05, 0.1) is 11.5 Å². The molecule has 5 heteroatoms. The Morgan fingerprint density at radius 3 is 2.18 bits per heavy atom. The summed E-state index contributed by atoms with van der Waals surface area (Å²) in [5.41, 5.74) is 6.77. The van der Waals surface area contributed by atoms with Crippen LogP contribution in [0.25, 0.3) is 0 Å². The molecule has 2 rings (SSSR count). The lowest BCUT2D eigenvalue weighted by Gasteiger charge is -2.14. The third-order valence-electron chi connectivity index (χ3n) is 2.64. The average Bonchev–Trinajstić information content (AvgIpc) is 2.59. The van der Waals surface area contributed by atoms with E-state index in [-0.39, 0.29) is 30.5 Å². The maximum absolute atomic E-state index is 11.5. The Kier molecular flexibility index (Phi) is 2.91. The number of carbonyl (C=O) groups is 2. The number of rotatable bonds is 3. The molecule has 1 heterocycles. The molecule has 0 atom stereocenters. The van der Waals surface area contributed by atoms with Crippen LogP contribution >= 0.6 is 0 Å². The van der Waals surface area contributed by atoms with E-state index in [2.05, 4.69) is 0 Å². The summed E-state index contributed by atoms with van der Waals surface area (Å²) in [5, 5.41) is 7.18. The Hall–Kier alpha value is -2.17. The number of amides is 2. The molecule has 0 aliphatic carbocycles. The van der Waals surface area contributed by atoms with Crippen LogP contribution in [0.5, 0.6) is 0 Å². The van der Waals surface area contributed by atoms with Crippen LogP contribution in [0.2, 0.25) is 0 Å². The minimum atomic E-state index is -0.158. The summed E-state index contributed by atoms with van der Waals surface area (Å²) in [6.45, 7) is 0. The first-order valence-electron chi connectivity index (χ1n) is 5.35. The van der Waals surface area contributed by atoms with E-state index < -0.39 is 0 Å². The van der Waals surface area contributed by atoms with E-state index in [4.69, 9.17) is 11.1 Å². The fraction of sp³-hybridized carbons (Fsp3) is 0.250. The Morgan fingerprint density at radius 2 is 1.71 bits per heavy atom. The van der Waals surface area contributed by atoms with Crippen LogP contribution in [0.1, 0.15) is 18.4 Å². The molecular weight excluding hydrogens is 218 g/mol. The first-order valence-corrected chi connectivity index (χ1v) is 5.35. The van der Waals surface area contributed by atoms with Crippen molar-refractivity contribution in [3.63, 3.8) is 0 Å². The lowest BCUT2D eigenvalue weighted by Crippen LogP contribution is -2.28. The third-order valence-corrected chi connectivity index (χ3v) is 2.64. The quantitative estimate of drug-likeness (QED) is 0.458. The molecule has 0 radical (unpaired) electrons. The lowest BCUT2D eigenvalue weighted by atomic mass is 10.1. The van der Waals surface area contributed by atoms with Crippen molar-refractivity contribution in [2.24, 2.45) is 5.73 Å². The van der Waals surface area contributed by atoms with Crippen LogP contribution in [0.4, 0.5) is 5.69 Å². The standard InChI is InChI=1S/C12H13N3O2/c13-10(14)7-8-1-3-9(4-2-8)15-11(16)5-6-12(15)17/h1-4H,5-7H2,(H3,13,14). The third kappa shape index (κ3) is 2.33. The highest BCUT2D eigenvalue weighted by atomic mass is 16.2. The molecule has 0 bridgehead atoms. The molecule has 1 aromatic rings. The molecule has 0 saturated carbocycles. The Balaban J connectivity index is 2.20. The van der Waals surface area contributed by atoms with E-state index >= 15 is 0 Å². The van der Waals surface area contributed by atoms with Crippen LogP contribution < -0.4 is 10.6 Å². The predicted molar refractivity (Wildman–Crippen MR) is 63.8 cm³/mol. The van der Waals surface area contributed by atoms with Gasteiger partial charge in [-0.3, -0.25) is 19.9 Å². The van der Waals surface area contributed by atoms with Crippen molar-refractivity contribution in [2.45, 2.75) is 19.3 Å². The van der Waals surface area contributed by atoms with Crippen LogP contribution in [0, 0.1) is 5.41 Å². The first-order chi connectivity index (χ1) is 8.08. The summed E-state index contributed by atoms with van der Waals surface area (Å²) < 4.78 is 0. The fourth-order valence-electron chi connectivity index (χ4n) is 1.85. The Labute approximate surface area is 98.7 Å². The number of amidine groups is 1. The van der Waals surface area contributed by atoms with Crippen molar-refractivity contribution >= 4 is 23.3 Å². The van der Waals surface area contributed by atoms with Gasteiger partial charge in [-0.2, -0.15) is 0 Å². The molecule has 0 unspecified atom stereocenters. The minimum absolute atomic E-state index is 0.0890. The highest BCUT2D eigenvalue weighted by molar-refractivity contribution is 6.19. The average molecular weight is 231 g/mol. The minimum Gasteiger partial charge on any atom is -0.387 e. The van der Waals surface area contributed by atoms with Gasteiger partial charge in [0.15, 0.2) is 0 Å². The summed E-state index contributed by atoms with van der Waals surface area (Å²) in [6, 6.07) is 6.96. The van der Waals surface area contributed by atoms with Gasteiger partial charge in [-0.05, 0) is 17.7 Å². The Bertz CT molecular complexity index is 463. The fourth-order valence-corrected chi connectivity index (χ4v) is 1.85. The summed E-state index contributed by atoms with van der Waals surface area (Å²) in [6.07, 6.45) is 0.949. The molecule has 0 aromatic heterocycles. The maximum atomic E-state index is 11.5. The molecule has 0 spiro atoms. The number of benzene rings is 1. The SMILES string of the molecule is N=C(N)Cc1ccc(N2C(=O)CCC2=O)cc1. The molecule has 1 aromatic carbocycles. The molecule has 17 heavy (non-hydrogen) atoms. The number of imide groups is 1. The van der Waals surface area contributed by atoms with Crippen molar-refractivity contribution in [2.75, 3.05) is 4.90 Å². The van der Waals surface area contributed by atoms with Crippen molar-refractivity contribution in [1.82, 2.24) is 0 Å². The van der Waals surface area contributed by atoms with Crippen molar-refractivity contribution in [3.05, 3.63) is 29.8 Å². The molecule has 1 fully saturated rings. The number of nitrogens with two attached hydrogens (primary N) is 1. The predicted octanol–water partition coefficient (Wildman–Crippen LogP) is 0.818. The van der Waals surface area contributed by atoms with Crippen molar-refractivity contribution in [1.29, 1.82) is 5.41 Å². The second-order valence-corrected chi connectivity index (χ2v) is 3.99. The topological polar surface area (TPSA) is 87.2 Å². The van der Waals surface area contributed by atoms with E-state index in [0.29, 0.717) is 12.1 Å². The van der Waals surface area contributed by atoms with Gasteiger partial charge in [-0.1, -0.05) is 12.1 Å². The summed E-state index contributed by atoms with van der Waals surface area (Å²) in [7, 11) is 0. The van der Waals surface area contributed by atoms with Gasteiger partial charge in [-0.15, -0.1) is 0 Å². The number of nitrogens with zero attached hydrogens (tertiary/aromatic N) is 1. The van der Waals surface area contributed by atoms with Gasteiger partial charge in [0.2, 0.25) is 11.8 Å². The number of nitrogens with one attached hydrogen (secondary N) is 1. The van der Waals surface area contributed by atoms with E-state index in [1.807, 2.05) is 0 Å². The molecule has 88 valence electrons. The maximum Gasteiger partial charge on any atom is 0.234 e. The second kappa shape index (κ2) is 4.37.